The summed E-state index contributed by atoms with van der Waals surface area (Å²) in [5.74, 6) is 0. The van der Waals surface area contributed by atoms with Gasteiger partial charge in [0.1, 0.15) is 0 Å². The Bertz CT molecular complexity index is 433. The van der Waals surface area contributed by atoms with E-state index in [0.29, 0.717) is 0 Å². The summed E-state index contributed by atoms with van der Waals surface area (Å²) in [6, 6.07) is 10.3. The molecule has 0 radical (unpaired) electrons. The lowest BCUT2D eigenvalue weighted by Gasteiger charge is -2.00. The topological polar surface area (TPSA) is 29.9 Å². The van der Waals surface area contributed by atoms with Crippen LogP contribution in [-0.4, -0.2) is 16.8 Å². The number of nitrogens with zero attached hydrogens (tertiary/aromatic N) is 2. The molecule has 0 atom stereocenters. The van der Waals surface area contributed by atoms with Gasteiger partial charge in [0.15, 0.2) is 0 Å². The molecule has 1 heterocycles. The van der Waals surface area contributed by atoms with Crippen LogP contribution >= 0.6 is 22.6 Å². The van der Waals surface area contributed by atoms with Gasteiger partial charge in [-0.2, -0.15) is 5.10 Å². The Labute approximate surface area is 103 Å². The Morgan fingerprint density at radius 1 is 1.27 bits per heavy atom. The van der Waals surface area contributed by atoms with Crippen LogP contribution in [0, 0.1) is 3.57 Å². The van der Waals surface area contributed by atoms with Crippen LogP contribution < -0.4 is 5.32 Å². The summed E-state index contributed by atoms with van der Waals surface area (Å²) in [6.07, 6.45) is 1.98. The maximum atomic E-state index is 4.45. The van der Waals surface area contributed by atoms with Crippen molar-refractivity contribution in [2.24, 2.45) is 0 Å². The van der Waals surface area contributed by atoms with Crippen LogP contribution in [0.3, 0.4) is 0 Å². The van der Waals surface area contributed by atoms with Crippen LogP contribution in [0.1, 0.15) is 5.69 Å². The Balaban J connectivity index is 2.25. The second kappa shape index (κ2) is 4.76. The number of aromatic nitrogens is 2. The van der Waals surface area contributed by atoms with Gasteiger partial charge in [-0.05, 0) is 60.0 Å². The molecule has 0 fully saturated rings. The summed E-state index contributed by atoms with van der Waals surface area (Å²) >= 11 is 2.29. The SMILES string of the molecule is CNCc1ccn(-c2ccc(I)cc2)n1. The van der Waals surface area contributed by atoms with Crippen LogP contribution in [0.4, 0.5) is 0 Å². The minimum absolute atomic E-state index is 0.803. The molecule has 0 unspecified atom stereocenters. The average Bonchev–Trinajstić information content (AvgIpc) is 2.68. The minimum Gasteiger partial charge on any atom is -0.314 e. The van der Waals surface area contributed by atoms with Crippen molar-refractivity contribution >= 4 is 22.6 Å². The van der Waals surface area contributed by atoms with Crippen molar-refractivity contribution in [2.45, 2.75) is 6.54 Å². The van der Waals surface area contributed by atoms with Gasteiger partial charge in [0.2, 0.25) is 0 Å². The van der Waals surface area contributed by atoms with Crippen LogP contribution in [0.5, 0.6) is 0 Å². The largest absolute Gasteiger partial charge is 0.314 e. The molecule has 0 spiro atoms. The first kappa shape index (κ1) is 10.6. The standard InChI is InChI=1S/C11H12IN3/c1-13-8-10-6-7-15(14-10)11-4-2-9(12)3-5-11/h2-7,13H,8H2,1H3. The fourth-order valence-electron chi connectivity index (χ4n) is 1.37. The Morgan fingerprint density at radius 2 is 2.00 bits per heavy atom. The highest BCUT2D eigenvalue weighted by molar-refractivity contribution is 14.1. The van der Waals surface area contributed by atoms with E-state index in [1.807, 2.05) is 24.0 Å². The van der Waals surface area contributed by atoms with Crippen molar-refractivity contribution in [1.29, 1.82) is 0 Å². The normalized spacial score (nSPS) is 10.5. The maximum Gasteiger partial charge on any atom is 0.0766 e. The third-order valence-corrected chi connectivity index (χ3v) is 2.81. The molecule has 0 aliphatic carbocycles. The summed E-state index contributed by atoms with van der Waals surface area (Å²) in [5.41, 5.74) is 2.15. The first-order valence-electron chi connectivity index (χ1n) is 4.74. The molecular formula is C11H12IN3. The Hall–Kier alpha value is -0.880. The van der Waals surface area contributed by atoms with Gasteiger partial charge < -0.3 is 5.32 Å². The molecule has 2 aromatic rings. The van der Waals surface area contributed by atoms with Crippen LogP contribution in [0.25, 0.3) is 5.69 Å². The highest BCUT2D eigenvalue weighted by atomic mass is 127. The Morgan fingerprint density at radius 3 is 2.67 bits per heavy atom. The van der Waals surface area contributed by atoms with Crippen molar-refractivity contribution in [3.05, 3.63) is 45.8 Å². The Kier molecular flexibility index (Phi) is 3.37. The molecule has 4 heteroatoms. The molecule has 1 aromatic carbocycles. The lowest BCUT2D eigenvalue weighted by molar-refractivity contribution is 0.757. The van der Waals surface area contributed by atoms with Crippen molar-refractivity contribution in [3.63, 3.8) is 0 Å². The molecule has 0 aliphatic rings. The average molecular weight is 313 g/mol. The van der Waals surface area contributed by atoms with Gasteiger partial charge in [-0.25, -0.2) is 4.68 Å². The number of benzene rings is 1. The zero-order chi connectivity index (χ0) is 10.7. The van der Waals surface area contributed by atoms with E-state index in [4.69, 9.17) is 0 Å². The van der Waals surface area contributed by atoms with Gasteiger partial charge in [-0.3, -0.25) is 0 Å². The molecule has 15 heavy (non-hydrogen) atoms. The van der Waals surface area contributed by atoms with Crippen molar-refractivity contribution in [3.8, 4) is 5.69 Å². The number of rotatable bonds is 3. The van der Waals surface area contributed by atoms with E-state index in [1.54, 1.807) is 0 Å². The first-order chi connectivity index (χ1) is 7.29. The lowest BCUT2D eigenvalue weighted by atomic mass is 10.3. The van der Waals surface area contributed by atoms with E-state index >= 15 is 0 Å². The molecule has 1 N–H and O–H groups in total. The smallest absolute Gasteiger partial charge is 0.0766 e. The summed E-state index contributed by atoms with van der Waals surface area (Å²) in [7, 11) is 1.92. The van der Waals surface area contributed by atoms with Crippen molar-refractivity contribution < 1.29 is 0 Å². The van der Waals surface area contributed by atoms with Crippen molar-refractivity contribution in [2.75, 3.05) is 7.05 Å². The van der Waals surface area contributed by atoms with Crippen LogP contribution in [-0.2, 0) is 6.54 Å². The van der Waals surface area contributed by atoms with Gasteiger partial charge in [0, 0.05) is 16.3 Å². The third kappa shape index (κ3) is 2.57. The van der Waals surface area contributed by atoms with E-state index in [1.165, 1.54) is 3.57 Å². The molecule has 0 aliphatic heterocycles. The predicted octanol–water partition coefficient (Wildman–Crippen LogP) is 2.20. The van der Waals surface area contributed by atoms with Gasteiger partial charge in [0.25, 0.3) is 0 Å². The highest BCUT2D eigenvalue weighted by Gasteiger charge is 1.99. The third-order valence-electron chi connectivity index (χ3n) is 2.09. The van der Waals surface area contributed by atoms with Crippen LogP contribution in [0.2, 0.25) is 0 Å². The molecule has 1 aromatic heterocycles. The molecule has 0 saturated heterocycles. The summed E-state index contributed by atoms with van der Waals surface area (Å²) < 4.78 is 3.13. The molecular weight excluding hydrogens is 301 g/mol. The summed E-state index contributed by atoms with van der Waals surface area (Å²) in [5, 5.41) is 7.53. The first-order valence-corrected chi connectivity index (χ1v) is 5.82. The fourth-order valence-corrected chi connectivity index (χ4v) is 1.73. The number of nitrogens with one attached hydrogen (secondary N) is 1. The van der Waals surface area contributed by atoms with E-state index in [-0.39, 0.29) is 0 Å². The fraction of sp³-hybridized carbons (Fsp3) is 0.182. The molecule has 2 rings (SSSR count). The summed E-state index contributed by atoms with van der Waals surface area (Å²) in [4.78, 5) is 0. The minimum atomic E-state index is 0.803. The van der Waals surface area contributed by atoms with Gasteiger partial charge in [-0.1, -0.05) is 0 Å². The second-order valence-corrected chi connectivity index (χ2v) is 4.50. The van der Waals surface area contributed by atoms with Gasteiger partial charge in [0.05, 0.1) is 11.4 Å². The molecule has 3 nitrogen and oxygen atoms in total. The molecule has 0 amide bonds. The number of hydrogen-bond acceptors (Lipinski definition) is 2. The van der Waals surface area contributed by atoms with Gasteiger partial charge in [-0.15, -0.1) is 0 Å². The zero-order valence-corrected chi connectivity index (χ0v) is 10.6. The monoisotopic (exact) mass is 313 g/mol. The molecule has 0 saturated carbocycles. The van der Waals surface area contributed by atoms with Gasteiger partial charge >= 0.3 is 0 Å². The quantitative estimate of drug-likeness (QED) is 0.881. The molecule has 78 valence electrons. The maximum absolute atomic E-state index is 4.45. The molecule has 0 bridgehead atoms. The van der Waals surface area contributed by atoms with E-state index in [9.17, 15) is 0 Å². The lowest BCUT2D eigenvalue weighted by Crippen LogP contribution is -2.06. The van der Waals surface area contributed by atoms with E-state index in [0.717, 1.165) is 17.9 Å². The number of hydrogen-bond donors (Lipinski definition) is 1. The summed E-state index contributed by atoms with van der Waals surface area (Å²) in [6.45, 7) is 0.803. The second-order valence-electron chi connectivity index (χ2n) is 3.26. The van der Waals surface area contributed by atoms with E-state index in [2.05, 4.69) is 57.3 Å². The van der Waals surface area contributed by atoms with Crippen LogP contribution in [0.15, 0.2) is 36.5 Å². The predicted molar refractivity (Wildman–Crippen MR) is 69.0 cm³/mol. The number of halogens is 1. The highest BCUT2D eigenvalue weighted by Crippen LogP contribution is 2.10. The van der Waals surface area contributed by atoms with E-state index < -0.39 is 0 Å². The van der Waals surface area contributed by atoms with Crippen molar-refractivity contribution in [1.82, 2.24) is 15.1 Å². The zero-order valence-electron chi connectivity index (χ0n) is 8.44.